The molecule has 0 unspecified atom stereocenters. The van der Waals surface area contributed by atoms with Crippen molar-refractivity contribution < 1.29 is 14.3 Å². The molecule has 0 saturated carbocycles. The number of rotatable bonds is 9. The van der Waals surface area contributed by atoms with Crippen LogP contribution in [0.2, 0.25) is 5.02 Å². The highest BCUT2D eigenvalue weighted by molar-refractivity contribution is 8.00. The van der Waals surface area contributed by atoms with Crippen molar-refractivity contribution in [1.29, 1.82) is 0 Å². The fourth-order valence-corrected chi connectivity index (χ4v) is 3.63. The number of halogens is 1. The summed E-state index contributed by atoms with van der Waals surface area (Å²) in [6.45, 7) is 1.68. The van der Waals surface area contributed by atoms with Gasteiger partial charge in [-0.2, -0.15) is 5.10 Å². The van der Waals surface area contributed by atoms with E-state index in [1.165, 1.54) is 11.8 Å². The summed E-state index contributed by atoms with van der Waals surface area (Å²) in [4.78, 5) is 25.2. The zero-order valence-corrected chi connectivity index (χ0v) is 18.9. The van der Waals surface area contributed by atoms with Crippen LogP contribution >= 0.6 is 23.4 Å². The van der Waals surface area contributed by atoms with Crippen molar-refractivity contribution in [2.24, 2.45) is 5.10 Å². The Morgan fingerprint density at radius 3 is 2.44 bits per heavy atom. The summed E-state index contributed by atoms with van der Waals surface area (Å²) in [5, 5.41) is 6.89. The molecule has 0 heterocycles. The van der Waals surface area contributed by atoms with Crippen LogP contribution in [0.5, 0.6) is 5.75 Å². The second-order valence-electron chi connectivity index (χ2n) is 6.69. The molecule has 0 fully saturated rings. The Labute approximate surface area is 196 Å². The van der Waals surface area contributed by atoms with E-state index < -0.39 is 0 Å². The van der Waals surface area contributed by atoms with Gasteiger partial charge in [-0.05, 0) is 61.0 Å². The standard InChI is InChI=1S/C24H22ClN3O3S/c1-17(32-20-7-3-2-4-8-20)24(30)28-26-15-18-11-13-19(14-12-18)31-16-23(29)27-22-10-6-5-9-21(22)25/h2-15,17H,16H2,1H3,(H,27,29)(H,28,30)/b26-15-/t17-/m1/s1. The molecule has 0 radical (unpaired) electrons. The van der Waals surface area contributed by atoms with Crippen LogP contribution in [-0.2, 0) is 9.59 Å². The van der Waals surface area contributed by atoms with E-state index in [0.717, 1.165) is 10.5 Å². The zero-order chi connectivity index (χ0) is 22.8. The molecule has 0 aliphatic heterocycles. The van der Waals surface area contributed by atoms with Crippen molar-refractivity contribution in [3.63, 3.8) is 0 Å². The second-order valence-corrected chi connectivity index (χ2v) is 8.51. The first-order valence-electron chi connectivity index (χ1n) is 9.83. The molecule has 32 heavy (non-hydrogen) atoms. The summed E-state index contributed by atoms with van der Waals surface area (Å²) in [7, 11) is 0. The van der Waals surface area contributed by atoms with Gasteiger partial charge in [0, 0.05) is 4.90 Å². The number of nitrogens with zero attached hydrogens (tertiary/aromatic N) is 1. The Morgan fingerprint density at radius 1 is 1.03 bits per heavy atom. The van der Waals surface area contributed by atoms with Gasteiger partial charge in [0.1, 0.15) is 5.75 Å². The number of nitrogens with one attached hydrogen (secondary N) is 2. The molecule has 8 heteroatoms. The summed E-state index contributed by atoms with van der Waals surface area (Å²) in [6.07, 6.45) is 1.55. The molecule has 0 aromatic heterocycles. The van der Waals surface area contributed by atoms with Gasteiger partial charge in [0.2, 0.25) is 0 Å². The quantitative estimate of drug-likeness (QED) is 0.264. The third-order valence-corrected chi connectivity index (χ3v) is 5.65. The minimum absolute atomic E-state index is 0.147. The van der Waals surface area contributed by atoms with Gasteiger partial charge in [0.05, 0.1) is 22.2 Å². The number of amides is 2. The Hall–Kier alpha value is -3.29. The van der Waals surface area contributed by atoms with E-state index in [9.17, 15) is 9.59 Å². The van der Waals surface area contributed by atoms with Crippen LogP contribution < -0.4 is 15.5 Å². The number of hydrazone groups is 1. The predicted octanol–water partition coefficient (Wildman–Crippen LogP) is 4.99. The number of para-hydroxylation sites is 1. The Balaban J connectivity index is 1.42. The third-order valence-electron chi connectivity index (χ3n) is 4.21. The van der Waals surface area contributed by atoms with E-state index in [4.69, 9.17) is 16.3 Å². The van der Waals surface area contributed by atoms with E-state index in [2.05, 4.69) is 15.8 Å². The Morgan fingerprint density at radius 2 is 1.72 bits per heavy atom. The van der Waals surface area contributed by atoms with Gasteiger partial charge >= 0.3 is 0 Å². The van der Waals surface area contributed by atoms with Crippen LogP contribution in [0.15, 0.2) is 88.9 Å². The third kappa shape index (κ3) is 7.44. The van der Waals surface area contributed by atoms with Gasteiger partial charge in [-0.1, -0.05) is 41.9 Å². The number of benzene rings is 3. The Kier molecular flexibility index (Phi) is 8.71. The first kappa shape index (κ1) is 23.4. The average molecular weight is 468 g/mol. The van der Waals surface area contributed by atoms with Gasteiger partial charge in [0.25, 0.3) is 11.8 Å². The predicted molar refractivity (Wildman–Crippen MR) is 130 cm³/mol. The van der Waals surface area contributed by atoms with Crippen LogP contribution in [0.25, 0.3) is 0 Å². The summed E-state index contributed by atoms with van der Waals surface area (Å²) in [5.41, 5.74) is 3.86. The minimum atomic E-state index is -0.311. The van der Waals surface area contributed by atoms with E-state index in [1.807, 2.05) is 37.3 Å². The lowest BCUT2D eigenvalue weighted by molar-refractivity contribution is -0.120. The highest BCUT2D eigenvalue weighted by Gasteiger charge is 2.13. The van der Waals surface area contributed by atoms with Gasteiger partial charge in [-0.3, -0.25) is 9.59 Å². The smallest absolute Gasteiger partial charge is 0.262 e. The molecule has 3 aromatic rings. The number of hydrogen-bond acceptors (Lipinski definition) is 5. The van der Waals surface area contributed by atoms with Crippen LogP contribution in [0.3, 0.4) is 0 Å². The van der Waals surface area contributed by atoms with Gasteiger partial charge < -0.3 is 10.1 Å². The second kappa shape index (κ2) is 11.9. The van der Waals surface area contributed by atoms with Gasteiger partial charge in [-0.25, -0.2) is 5.43 Å². The maximum absolute atomic E-state index is 12.2. The molecular formula is C24H22ClN3O3S. The average Bonchev–Trinajstić information content (AvgIpc) is 2.80. The lowest BCUT2D eigenvalue weighted by atomic mass is 10.2. The molecule has 0 saturated heterocycles. The fraction of sp³-hybridized carbons (Fsp3) is 0.125. The number of hydrogen-bond donors (Lipinski definition) is 2. The summed E-state index contributed by atoms with van der Waals surface area (Å²) >= 11 is 7.49. The molecule has 2 N–H and O–H groups in total. The maximum Gasteiger partial charge on any atom is 0.262 e. The molecule has 0 bridgehead atoms. The van der Waals surface area contributed by atoms with Crippen LogP contribution in [0.1, 0.15) is 12.5 Å². The molecule has 1 atom stereocenters. The van der Waals surface area contributed by atoms with E-state index in [-0.39, 0.29) is 23.7 Å². The zero-order valence-electron chi connectivity index (χ0n) is 17.3. The summed E-state index contributed by atoms with van der Waals surface area (Å²) in [6, 6.07) is 23.7. The normalized spacial score (nSPS) is 11.7. The number of anilines is 1. The Bertz CT molecular complexity index is 1080. The molecule has 0 spiro atoms. The molecule has 0 aliphatic carbocycles. The molecule has 2 amide bonds. The van der Waals surface area contributed by atoms with Crippen molar-refractivity contribution in [2.75, 3.05) is 11.9 Å². The fourth-order valence-electron chi connectivity index (χ4n) is 2.57. The van der Waals surface area contributed by atoms with Crippen molar-refractivity contribution in [3.05, 3.63) is 89.4 Å². The van der Waals surface area contributed by atoms with Crippen molar-refractivity contribution in [1.82, 2.24) is 5.43 Å². The topological polar surface area (TPSA) is 79.8 Å². The number of carbonyl (C=O) groups is 2. The van der Waals surface area contributed by atoms with Gasteiger partial charge in [0.15, 0.2) is 6.61 Å². The first-order chi connectivity index (χ1) is 15.5. The first-order valence-corrected chi connectivity index (χ1v) is 11.1. The summed E-state index contributed by atoms with van der Waals surface area (Å²) < 4.78 is 5.49. The van der Waals surface area contributed by atoms with Crippen molar-refractivity contribution in [3.8, 4) is 5.75 Å². The van der Waals surface area contributed by atoms with Crippen LogP contribution in [0.4, 0.5) is 5.69 Å². The molecular weight excluding hydrogens is 446 g/mol. The number of ether oxygens (including phenoxy) is 1. The summed E-state index contributed by atoms with van der Waals surface area (Å²) in [5.74, 6) is 0.0434. The molecule has 3 rings (SSSR count). The highest BCUT2D eigenvalue weighted by Crippen LogP contribution is 2.22. The lowest BCUT2D eigenvalue weighted by Gasteiger charge is -2.09. The van der Waals surface area contributed by atoms with E-state index >= 15 is 0 Å². The number of thioether (sulfide) groups is 1. The molecule has 164 valence electrons. The van der Waals surface area contributed by atoms with E-state index in [0.29, 0.717) is 16.5 Å². The lowest BCUT2D eigenvalue weighted by Crippen LogP contribution is -2.26. The SMILES string of the molecule is C[C@@H](Sc1ccccc1)C(=O)N/N=C\c1ccc(OCC(=O)Nc2ccccc2Cl)cc1. The highest BCUT2D eigenvalue weighted by atomic mass is 35.5. The van der Waals surface area contributed by atoms with Crippen molar-refractivity contribution >= 4 is 47.1 Å². The monoisotopic (exact) mass is 467 g/mol. The number of carbonyl (C=O) groups excluding carboxylic acids is 2. The molecule has 3 aromatic carbocycles. The van der Waals surface area contributed by atoms with Gasteiger partial charge in [-0.15, -0.1) is 11.8 Å². The largest absolute Gasteiger partial charge is 0.484 e. The van der Waals surface area contributed by atoms with Crippen LogP contribution in [-0.4, -0.2) is 29.9 Å². The minimum Gasteiger partial charge on any atom is -0.484 e. The van der Waals surface area contributed by atoms with Crippen molar-refractivity contribution in [2.45, 2.75) is 17.1 Å². The molecule has 0 aliphatic rings. The molecule has 6 nitrogen and oxygen atoms in total. The maximum atomic E-state index is 12.2. The van der Waals surface area contributed by atoms with Crippen LogP contribution in [0, 0.1) is 0 Å². The van der Waals surface area contributed by atoms with E-state index in [1.54, 1.807) is 54.7 Å².